The maximum atomic E-state index is 13.8. The molecule has 1 aliphatic rings. The molecule has 3 rings (SSSR count). The Morgan fingerprint density at radius 2 is 1.57 bits per heavy atom. The summed E-state index contributed by atoms with van der Waals surface area (Å²) in [6.07, 6.45) is -3.26. The smallest absolute Gasteiger partial charge is 0.224 e. The zero-order chi connectivity index (χ0) is 26.4. The van der Waals surface area contributed by atoms with E-state index < -0.39 is 58.6 Å². The Hall–Kier alpha value is -1.72. The normalized spacial score (nSPS) is 19.4. The van der Waals surface area contributed by atoms with Gasteiger partial charge >= 0.3 is 6.18 Å². The molecule has 0 atom stereocenters. The molecule has 0 saturated heterocycles. The number of hydrogen-bond donors (Lipinski definition) is 0. The van der Waals surface area contributed by atoms with Crippen molar-refractivity contribution >= 4 is 31.3 Å². The fourth-order valence-corrected chi connectivity index (χ4v) is 7.54. The van der Waals surface area contributed by atoms with Crippen molar-refractivity contribution in [2.75, 3.05) is 5.75 Å². The summed E-state index contributed by atoms with van der Waals surface area (Å²) in [6.45, 7) is 2.81. The van der Waals surface area contributed by atoms with Crippen LogP contribution >= 0.6 is 11.6 Å². The average Bonchev–Trinajstić information content (AvgIpc) is 2.70. The minimum absolute atomic E-state index is 0.0323. The van der Waals surface area contributed by atoms with Crippen molar-refractivity contribution < 1.29 is 38.8 Å². The monoisotopic (exact) mass is 558 g/mol. The molecule has 1 saturated carbocycles. The van der Waals surface area contributed by atoms with Crippen molar-refractivity contribution in [3.8, 4) is 0 Å². The van der Waals surface area contributed by atoms with Gasteiger partial charge in [0.15, 0.2) is 19.7 Å². The van der Waals surface area contributed by atoms with E-state index >= 15 is 0 Å². The maximum absolute atomic E-state index is 13.8. The van der Waals surface area contributed by atoms with E-state index in [1.54, 1.807) is 0 Å². The fourth-order valence-electron chi connectivity index (χ4n) is 4.29. The first-order valence-electron chi connectivity index (χ1n) is 10.8. The number of halogens is 6. The second-order valence-corrected chi connectivity index (χ2v) is 14.4. The molecule has 0 heterocycles. The lowest BCUT2D eigenvalue weighted by Crippen LogP contribution is -2.46. The van der Waals surface area contributed by atoms with Gasteiger partial charge in [0.05, 0.1) is 30.9 Å². The van der Waals surface area contributed by atoms with Crippen LogP contribution in [-0.2, 0) is 25.9 Å². The van der Waals surface area contributed by atoms with Crippen LogP contribution in [0, 0.1) is 23.5 Å². The molecule has 0 spiro atoms. The molecule has 2 aromatic rings. The topological polar surface area (TPSA) is 68.3 Å². The Kier molecular flexibility index (Phi) is 7.66. The van der Waals surface area contributed by atoms with Crippen LogP contribution in [0.15, 0.2) is 46.2 Å². The molecule has 35 heavy (non-hydrogen) atoms. The number of alkyl halides is 3. The third kappa shape index (κ3) is 5.83. The van der Waals surface area contributed by atoms with Gasteiger partial charge in [-0.3, -0.25) is 0 Å². The minimum Gasteiger partial charge on any atom is -0.224 e. The molecule has 0 amide bonds. The summed E-state index contributed by atoms with van der Waals surface area (Å²) in [5.74, 6) is -2.71. The van der Waals surface area contributed by atoms with Gasteiger partial charge < -0.3 is 0 Å². The molecular weight excluding hydrogens is 535 g/mol. The average molecular weight is 559 g/mol. The third-order valence-electron chi connectivity index (χ3n) is 6.70. The second kappa shape index (κ2) is 9.63. The molecule has 0 aliphatic heterocycles. The first-order valence-corrected chi connectivity index (χ1v) is 14.3. The van der Waals surface area contributed by atoms with Crippen molar-refractivity contribution in [2.45, 2.75) is 60.2 Å². The molecule has 0 N–H and O–H groups in total. The van der Waals surface area contributed by atoms with Gasteiger partial charge in [-0.1, -0.05) is 11.6 Å². The largest absolute Gasteiger partial charge is 0.416 e. The summed E-state index contributed by atoms with van der Waals surface area (Å²) in [4.78, 5) is -0.897. The highest BCUT2D eigenvalue weighted by molar-refractivity contribution is 7.92. The van der Waals surface area contributed by atoms with Crippen LogP contribution in [0.2, 0.25) is 5.02 Å². The molecule has 1 fully saturated rings. The predicted octanol–water partition coefficient (Wildman–Crippen LogP) is 6.47. The van der Waals surface area contributed by atoms with Gasteiger partial charge in [-0.2, -0.15) is 13.2 Å². The molecule has 0 bridgehead atoms. The van der Waals surface area contributed by atoms with Crippen LogP contribution in [0.25, 0.3) is 0 Å². The van der Waals surface area contributed by atoms with Gasteiger partial charge in [0, 0.05) is 0 Å². The number of rotatable bonds is 8. The molecule has 0 unspecified atom stereocenters. The van der Waals surface area contributed by atoms with E-state index in [9.17, 15) is 38.8 Å². The number of hydrogen-bond acceptors (Lipinski definition) is 4. The van der Waals surface area contributed by atoms with Gasteiger partial charge in [0.1, 0.15) is 11.6 Å². The van der Waals surface area contributed by atoms with Gasteiger partial charge in [0.2, 0.25) is 0 Å². The summed E-state index contributed by atoms with van der Waals surface area (Å²) in [6, 6.07) is 4.54. The Morgan fingerprint density at radius 1 is 0.943 bits per heavy atom. The summed E-state index contributed by atoms with van der Waals surface area (Å²) >= 11 is 5.58. The zero-order valence-electron chi connectivity index (χ0n) is 18.9. The lowest BCUT2D eigenvalue weighted by Gasteiger charge is -2.45. The van der Waals surface area contributed by atoms with Crippen molar-refractivity contribution in [3.63, 3.8) is 0 Å². The first-order chi connectivity index (χ1) is 15.9. The van der Waals surface area contributed by atoms with E-state index in [1.165, 1.54) is 26.0 Å². The van der Waals surface area contributed by atoms with E-state index in [1.807, 2.05) is 0 Å². The molecule has 4 nitrogen and oxygen atoms in total. The van der Waals surface area contributed by atoms with Crippen molar-refractivity contribution in [1.82, 2.24) is 0 Å². The lowest BCUT2D eigenvalue weighted by atomic mass is 9.67. The summed E-state index contributed by atoms with van der Waals surface area (Å²) in [5.41, 5.74) is -1.37. The summed E-state index contributed by atoms with van der Waals surface area (Å²) in [5, 5.41) is -0.185. The standard InChI is InChI=1S/C23H24ClF5O4S2/c1-22(2,35(32,33)19-11-16(23(27,28)29)10-17(25)12-19)15-8-14(9-15)4-3-7-34(30,31)18-5-6-20(24)21(26)13-18/h5-6,10-15H,3-4,7-9H2,1-2H3. The van der Waals surface area contributed by atoms with E-state index in [0.717, 1.165) is 6.07 Å². The van der Waals surface area contributed by atoms with E-state index in [0.29, 0.717) is 31.4 Å². The second-order valence-electron chi connectivity index (χ2n) is 9.35. The predicted molar refractivity (Wildman–Crippen MR) is 122 cm³/mol. The molecule has 0 aromatic heterocycles. The molecular formula is C23H24ClF5O4S2. The molecule has 2 aromatic carbocycles. The highest BCUT2D eigenvalue weighted by Gasteiger charge is 2.48. The lowest BCUT2D eigenvalue weighted by molar-refractivity contribution is -0.137. The van der Waals surface area contributed by atoms with Crippen LogP contribution in [0.5, 0.6) is 0 Å². The van der Waals surface area contributed by atoms with Gasteiger partial charge in [0.25, 0.3) is 0 Å². The van der Waals surface area contributed by atoms with E-state index in [-0.39, 0.29) is 34.1 Å². The Bertz CT molecular complexity index is 1320. The minimum atomic E-state index is -4.89. The van der Waals surface area contributed by atoms with Crippen LogP contribution in [-0.4, -0.2) is 27.3 Å². The molecule has 0 radical (unpaired) electrons. The number of benzene rings is 2. The quantitative estimate of drug-likeness (QED) is 0.348. The van der Waals surface area contributed by atoms with Crippen LogP contribution in [0.3, 0.4) is 0 Å². The van der Waals surface area contributed by atoms with Crippen molar-refractivity contribution in [1.29, 1.82) is 0 Å². The molecule has 12 heteroatoms. The van der Waals surface area contributed by atoms with Crippen LogP contribution in [0.1, 0.15) is 45.1 Å². The van der Waals surface area contributed by atoms with E-state index in [2.05, 4.69) is 0 Å². The van der Waals surface area contributed by atoms with Crippen molar-refractivity contribution in [2.24, 2.45) is 11.8 Å². The Balaban J connectivity index is 1.62. The summed E-state index contributed by atoms with van der Waals surface area (Å²) in [7, 11) is -8.02. The maximum Gasteiger partial charge on any atom is 0.416 e. The summed E-state index contributed by atoms with van der Waals surface area (Å²) < 4.78 is 116. The highest BCUT2D eigenvalue weighted by Crippen LogP contribution is 2.48. The van der Waals surface area contributed by atoms with Crippen LogP contribution in [0.4, 0.5) is 22.0 Å². The van der Waals surface area contributed by atoms with Crippen LogP contribution < -0.4 is 0 Å². The molecule has 1 aliphatic carbocycles. The highest BCUT2D eigenvalue weighted by atomic mass is 35.5. The first kappa shape index (κ1) is 27.9. The van der Waals surface area contributed by atoms with Gasteiger partial charge in [-0.25, -0.2) is 25.6 Å². The van der Waals surface area contributed by atoms with Gasteiger partial charge in [-0.15, -0.1) is 0 Å². The fraction of sp³-hybridized carbons (Fsp3) is 0.478. The Morgan fingerprint density at radius 3 is 2.14 bits per heavy atom. The van der Waals surface area contributed by atoms with Crippen molar-refractivity contribution in [3.05, 3.63) is 58.6 Å². The van der Waals surface area contributed by atoms with Gasteiger partial charge in [-0.05, 0) is 87.8 Å². The SMILES string of the molecule is CC(C)(C1CC(CCCS(=O)(=O)c2ccc(Cl)c(F)c2)C1)S(=O)(=O)c1cc(F)cc(C(F)(F)F)c1. The Labute approximate surface area is 206 Å². The third-order valence-corrected chi connectivity index (χ3v) is 11.4. The van der Waals surface area contributed by atoms with E-state index in [4.69, 9.17) is 11.6 Å². The number of sulfone groups is 2. The zero-order valence-corrected chi connectivity index (χ0v) is 21.3. The molecule has 194 valence electrons.